The lowest BCUT2D eigenvalue weighted by atomic mass is 9.87. The number of halogens is 2. The van der Waals surface area contributed by atoms with E-state index in [-0.39, 0.29) is 11.6 Å². The lowest BCUT2D eigenvalue weighted by molar-refractivity contribution is 0.0504. The largest absolute Gasteiger partial charge is 0.335 e. The minimum absolute atomic E-state index is 0.0883. The van der Waals surface area contributed by atoms with Crippen molar-refractivity contribution in [3.63, 3.8) is 0 Å². The van der Waals surface area contributed by atoms with E-state index in [2.05, 4.69) is 34.3 Å². The number of carbonyl (C=O) groups is 1. The molecule has 4 rings (SSSR count). The van der Waals surface area contributed by atoms with E-state index in [4.69, 9.17) is 0 Å². The molecule has 0 bridgehead atoms. The van der Waals surface area contributed by atoms with Gasteiger partial charge in [-0.1, -0.05) is 24.3 Å². The van der Waals surface area contributed by atoms with Gasteiger partial charge in [-0.15, -0.1) is 0 Å². The van der Waals surface area contributed by atoms with Crippen molar-refractivity contribution in [2.45, 2.75) is 31.9 Å². The van der Waals surface area contributed by atoms with Crippen LogP contribution in [-0.4, -0.2) is 57.7 Å². The third kappa shape index (κ3) is 3.35. The van der Waals surface area contributed by atoms with Crippen molar-refractivity contribution in [2.24, 2.45) is 0 Å². The summed E-state index contributed by atoms with van der Waals surface area (Å²) in [5, 5.41) is 3.68. The molecular formula is C19H22F2N4O. The molecule has 1 aliphatic heterocycles. The number of piperazine rings is 1. The Morgan fingerprint density at radius 1 is 1.08 bits per heavy atom. The summed E-state index contributed by atoms with van der Waals surface area (Å²) in [5.74, 6) is -0.266. The maximum Gasteiger partial charge on any atom is 0.333 e. The zero-order valence-electron chi connectivity index (χ0n) is 14.5. The van der Waals surface area contributed by atoms with Gasteiger partial charge in [0.2, 0.25) is 0 Å². The maximum atomic E-state index is 12.6. The monoisotopic (exact) mass is 360 g/mol. The summed E-state index contributed by atoms with van der Waals surface area (Å²) < 4.78 is 25.8. The van der Waals surface area contributed by atoms with Gasteiger partial charge in [-0.05, 0) is 36.5 Å². The van der Waals surface area contributed by atoms with Gasteiger partial charge in [0.05, 0.1) is 0 Å². The number of amides is 1. The Labute approximate surface area is 151 Å². The fourth-order valence-electron chi connectivity index (χ4n) is 4.00. The molecule has 2 aliphatic rings. The Morgan fingerprint density at radius 2 is 1.81 bits per heavy atom. The summed E-state index contributed by atoms with van der Waals surface area (Å²) in [6.07, 6.45) is 4.45. The van der Waals surface area contributed by atoms with E-state index in [0.29, 0.717) is 23.8 Å². The summed E-state index contributed by atoms with van der Waals surface area (Å²) in [6, 6.07) is 10.5. The average Bonchev–Trinajstić information content (AvgIpc) is 3.18. The number of nitrogens with zero attached hydrogens (tertiary/aromatic N) is 4. The van der Waals surface area contributed by atoms with Crippen molar-refractivity contribution in [2.75, 3.05) is 26.2 Å². The fourth-order valence-corrected chi connectivity index (χ4v) is 4.00. The SMILES string of the molecule is O=C(c1ccn(C(F)F)n1)N1CCN(C2CCc3ccccc3C2)CC1. The third-order valence-electron chi connectivity index (χ3n) is 5.47. The standard InChI is InChI=1S/C19H22F2N4O/c20-19(21)25-8-7-17(22-25)18(26)24-11-9-23(10-12-24)16-6-5-14-3-1-2-4-15(14)13-16/h1-4,7-8,16,19H,5-6,9-13H2. The summed E-state index contributed by atoms with van der Waals surface area (Å²) in [7, 11) is 0. The molecule has 0 saturated carbocycles. The van der Waals surface area contributed by atoms with Gasteiger partial charge in [0.25, 0.3) is 5.91 Å². The van der Waals surface area contributed by atoms with E-state index in [9.17, 15) is 13.6 Å². The number of fused-ring (bicyclic) bond motifs is 1. The second-order valence-corrected chi connectivity index (χ2v) is 6.95. The van der Waals surface area contributed by atoms with Crippen molar-refractivity contribution in [1.29, 1.82) is 0 Å². The van der Waals surface area contributed by atoms with Crippen LogP contribution in [0.1, 0.15) is 34.6 Å². The Morgan fingerprint density at radius 3 is 2.50 bits per heavy atom. The van der Waals surface area contributed by atoms with Crippen LogP contribution in [-0.2, 0) is 12.8 Å². The molecule has 1 fully saturated rings. The van der Waals surface area contributed by atoms with E-state index >= 15 is 0 Å². The molecule has 1 saturated heterocycles. The number of carbonyl (C=O) groups excluding carboxylic acids is 1. The molecule has 1 aliphatic carbocycles. The van der Waals surface area contributed by atoms with Crippen LogP contribution in [0.3, 0.4) is 0 Å². The van der Waals surface area contributed by atoms with Crippen LogP contribution in [0.5, 0.6) is 0 Å². The molecule has 1 aromatic heterocycles. The first-order valence-electron chi connectivity index (χ1n) is 9.05. The van der Waals surface area contributed by atoms with Crippen molar-refractivity contribution in [3.05, 3.63) is 53.3 Å². The zero-order valence-corrected chi connectivity index (χ0v) is 14.5. The smallest absolute Gasteiger partial charge is 0.333 e. The van der Waals surface area contributed by atoms with Crippen molar-refractivity contribution < 1.29 is 13.6 Å². The van der Waals surface area contributed by atoms with Crippen LogP contribution in [0.2, 0.25) is 0 Å². The molecule has 1 atom stereocenters. The summed E-state index contributed by atoms with van der Waals surface area (Å²) in [4.78, 5) is 16.6. The van der Waals surface area contributed by atoms with Crippen LogP contribution < -0.4 is 0 Å². The van der Waals surface area contributed by atoms with Gasteiger partial charge < -0.3 is 4.90 Å². The van der Waals surface area contributed by atoms with Crippen molar-refractivity contribution in [1.82, 2.24) is 19.6 Å². The molecule has 1 aromatic carbocycles. The van der Waals surface area contributed by atoms with Crippen molar-refractivity contribution >= 4 is 5.91 Å². The molecule has 7 heteroatoms. The highest BCUT2D eigenvalue weighted by molar-refractivity contribution is 5.92. The molecule has 2 aromatic rings. The quantitative estimate of drug-likeness (QED) is 0.845. The molecule has 0 spiro atoms. The molecule has 138 valence electrons. The number of benzene rings is 1. The summed E-state index contributed by atoms with van der Waals surface area (Å²) >= 11 is 0. The van der Waals surface area contributed by atoms with Crippen molar-refractivity contribution in [3.8, 4) is 0 Å². The number of aryl methyl sites for hydroxylation is 1. The van der Waals surface area contributed by atoms with E-state index in [1.807, 2.05) is 0 Å². The minimum atomic E-state index is -2.72. The van der Waals surface area contributed by atoms with Gasteiger partial charge in [0, 0.05) is 38.4 Å². The number of aromatic nitrogens is 2. The van der Waals surface area contributed by atoms with Crippen LogP contribution in [0.4, 0.5) is 8.78 Å². The first-order valence-corrected chi connectivity index (χ1v) is 9.05. The molecule has 0 N–H and O–H groups in total. The van der Waals surface area contributed by atoms with Gasteiger partial charge in [0.15, 0.2) is 5.69 Å². The molecule has 5 nitrogen and oxygen atoms in total. The van der Waals surface area contributed by atoms with Gasteiger partial charge in [-0.2, -0.15) is 13.9 Å². The van der Waals surface area contributed by atoms with Gasteiger partial charge in [-0.3, -0.25) is 9.69 Å². The average molecular weight is 360 g/mol. The van der Waals surface area contributed by atoms with Gasteiger partial charge in [-0.25, -0.2) is 4.68 Å². The van der Waals surface area contributed by atoms with Crippen LogP contribution in [0, 0.1) is 0 Å². The second kappa shape index (κ2) is 7.15. The highest BCUT2D eigenvalue weighted by Crippen LogP contribution is 2.25. The third-order valence-corrected chi connectivity index (χ3v) is 5.47. The number of rotatable bonds is 3. The maximum absolute atomic E-state index is 12.6. The second-order valence-electron chi connectivity index (χ2n) is 6.95. The highest BCUT2D eigenvalue weighted by atomic mass is 19.3. The van der Waals surface area contributed by atoms with E-state index in [1.54, 1.807) is 4.90 Å². The lowest BCUT2D eigenvalue weighted by Gasteiger charge is -2.41. The van der Waals surface area contributed by atoms with Crippen LogP contribution in [0.25, 0.3) is 0 Å². The Kier molecular flexibility index (Phi) is 4.72. The van der Waals surface area contributed by atoms with Gasteiger partial charge in [0.1, 0.15) is 0 Å². The molecule has 0 radical (unpaired) electrons. The molecule has 1 unspecified atom stereocenters. The number of alkyl halides is 2. The normalized spacial score (nSPS) is 21.0. The first kappa shape index (κ1) is 17.1. The summed E-state index contributed by atoms with van der Waals surface area (Å²) in [6.45, 7) is 0.127. The topological polar surface area (TPSA) is 41.4 Å². The first-order chi connectivity index (χ1) is 12.6. The van der Waals surface area contributed by atoms with E-state index in [1.165, 1.54) is 17.2 Å². The van der Waals surface area contributed by atoms with Crippen LogP contribution in [0.15, 0.2) is 36.5 Å². The number of hydrogen-bond acceptors (Lipinski definition) is 3. The lowest BCUT2D eigenvalue weighted by Crippen LogP contribution is -2.53. The predicted octanol–water partition coefficient (Wildman–Crippen LogP) is 2.59. The fraction of sp³-hybridized carbons (Fsp3) is 0.474. The van der Waals surface area contributed by atoms with E-state index < -0.39 is 6.55 Å². The number of hydrogen-bond donors (Lipinski definition) is 0. The Bertz CT molecular complexity index is 783. The molecular weight excluding hydrogens is 338 g/mol. The summed E-state index contributed by atoms with van der Waals surface area (Å²) in [5.41, 5.74) is 2.97. The predicted molar refractivity (Wildman–Crippen MR) is 93.2 cm³/mol. The molecule has 26 heavy (non-hydrogen) atoms. The minimum Gasteiger partial charge on any atom is -0.335 e. The zero-order chi connectivity index (χ0) is 18.1. The Hall–Kier alpha value is -2.28. The molecule has 2 heterocycles. The Balaban J connectivity index is 1.35. The molecule has 1 amide bonds. The highest BCUT2D eigenvalue weighted by Gasteiger charge is 2.29. The van der Waals surface area contributed by atoms with Gasteiger partial charge >= 0.3 is 6.55 Å². The van der Waals surface area contributed by atoms with E-state index in [0.717, 1.165) is 38.5 Å². The van der Waals surface area contributed by atoms with Crippen LogP contribution >= 0.6 is 0 Å².